The molecule has 0 spiro atoms. The predicted octanol–water partition coefficient (Wildman–Crippen LogP) is -1.39. The van der Waals surface area contributed by atoms with Gasteiger partial charge in [0, 0.05) is 6.54 Å². The lowest BCUT2D eigenvalue weighted by molar-refractivity contribution is -0.140. The van der Waals surface area contributed by atoms with Crippen molar-refractivity contribution in [3.63, 3.8) is 0 Å². The van der Waals surface area contributed by atoms with E-state index in [4.69, 9.17) is 10.8 Å². The lowest BCUT2D eigenvalue weighted by Gasteiger charge is -2.30. The minimum Gasteiger partial charge on any atom is -0.481 e. The molecule has 2 aliphatic rings. The summed E-state index contributed by atoms with van der Waals surface area (Å²) in [6.07, 6.45) is 3.40. The molecule has 2 heterocycles. The maximum Gasteiger partial charge on any atom is 0.305 e. The van der Waals surface area contributed by atoms with Crippen molar-refractivity contribution in [2.75, 3.05) is 13.1 Å². The highest BCUT2D eigenvalue weighted by atomic mass is 16.4. The van der Waals surface area contributed by atoms with Gasteiger partial charge in [-0.25, -0.2) is 0 Å². The summed E-state index contributed by atoms with van der Waals surface area (Å²) in [4.78, 5) is 36.4. The van der Waals surface area contributed by atoms with Crippen molar-refractivity contribution in [2.24, 2.45) is 5.73 Å². The zero-order valence-electron chi connectivity index (χ0n) is 11.9. The molecule has 0 saturated carbocycles. The molecular weight excluding hydrogens is 276 g/mol. The molecule has 0 radical (unpaired) electrons. The van der Waals surface area contributed by atoms with Crippen LogP contribution < -0.4 is 16.4 Å². The van der Waals surface area contributed by atoms with E-state index in [1.54, 1.807) is 0 Å². The van der Waals surface area contributed by atoms with Gasteiger partial charge in [0.2, 0.25) is 11.8 Å². The highest BCUT2D eigenvalue weighted by Crippen LogP contribution is 2.23. The number of amides is 2. The predicted molar refractivity (Wildman–Crippen MR) is 74.1 cm³/mol. The van der Waals surface area contributed by atoms with E-state index < -0.39 is 24.3 Å². The fourth-order valence-corrected chi connectivity index (χ4v) is 3.06. The van der Waals surface area contributed by atoms with Gasteiger partial charge in [-0.2, -0.15) is 0 Å². The van der Waals surface area contributed by atoms with Gasteiger partial charge in [-0.3, -0.25) is 19.3 Å². The molecule has 21 heavy (non-hydrogen) atoms. The molecular formula is C13H22N4O4. The molecule has 8 nitrogen and oxygen atoms in total. The van der Waals surface area contributed by atoms with Gasteiger partial charge in [0.15, 0.2) is 0 Å². The van der Waals surface area contributed by atoms with Crippen LogP contribution in [-0.2, 0) is 14.4 Å². The van der Waals surface area contributed by atoms with Gasteiger partial charge in [0.05, 0.1) is 18.6 Å². The Morgan fingerprint density at radius 1 is 1.33 bits per heavy atom. The van der Waals surface area contributed by atoms with Crippen molar-refractivity contribution in [1.82, 2.24) is 15.5 Å². The Balaban J connectivity index is 1.97. The average Bonchev–Trinajstić information content (AvgIpc) is 3.07. The zero-order valence-corrected chi connectivity index (χ0v) is 11.9. The Hall–Kier alpha value is -1.67. The molecule has 2 aliphatic heterocycles. The summed E-state index contributed by atoms with van der Waals surface area (Å²) >= 11 is 0. The van der Waals surface area contributed by atoms with E-state index in [-0.39, 0.29) is 18.1 Å². The lowest BCUT2D eigenvalue weighted by Crippen LogP contribution is -2.55. The van der Waals surface area contributed by atoms with E-state index in [1.807, 2.05) is 0 Å². The normalized spacial score (nSPS) is 27.4. The van der Waals surface area contributed by atoms with Crippen molar-refractivity contribution < 1.29 is 19.5 Å². The third-order valence-corrected chi connectivity index (χ3v) is 4.07. The summed E-state index contributed by atoms with van der Waals surface area (Å²) < 4.78 is 0. The molecule has 2 rings (SSSR count). The maximum atomic E-state index is 12.3. The fourth-order valence-electron chi connectivity index (χ4n) is 3.06. The van der Waals surface area contributed by atoms with Gasteiger partial charge in [-0.05, 0) is 32.2 Å². The van der Waals surface area contributed by atoms with Gasteiger partial charge in [0.1, 0.15) is 6.04 Å². The molecule has 0 bridgehead atoms. The molecule has 8 heteroatoms. The standard InChI is InChI=1S/C13H22N4O4/c14-12(20)8(7-11(18)19)16-13(21)9-3-2-6-17(9)10-4-1-5-15-10/h8-10,15H,1-7H2,(H2,14,20)(H,16,21)(H,18,19)/t8-,9-,10-/m0/s1. The number of carboxylic acid groups (broad SMARTS) is 1. The molecule has 2 saturated heterocycles. The molecule has 0 aliphatic carbocycles. The van der Waals surface area contributed by atoms with E-state index in [9.17, 15) is 14.4 Å². The molecule has 0 aromatic carbocycles. The van der Waals surface area contributed by atoms with Crippen LogP contribution in [0.1, 0.15) is 32.1 Å². The summed E-state index contributed by atoms with van der Waals surface area (Å²) in [6, 6.07) is -1.48. The third-order valence-electron chi connectivity index (χ3n) is 4.07. The second kappa shape index (κ2) is 6.86. The number of carboxylic acids is 1. The number of hydrogen-bond acceptors (Lipinski definition) is 5. The van der Waals surface area contributed by atoms with Gasteiger partial charge in [-0.1, -0.05) is 0 Å². The second-order valence-corrected chi connectivity index (χ2v) is 5.57. The molecule has 118 valence electrons. The van der Waals surface area contributed by atoms with Crippen LogP contribution >= 0.6 is 0 Å². The summed E-state index contributed by atoms with van der Waals surface area (Å²) in [7, 11) is 0. The van der Waals surface area contributed by atoms with E-state index in [0.717, 1.165) is 32.4 Å². The quantitative estimate of drug-likeness (QED) is 0.478. The Morgan fingerprint density at radius 2 is 2.10 bits per heavy atom. The number of carbonyl (C=O) groups is 3. The molecule has 3 atom stereocenters. The first-order valence-corrected chi connectivity index (χ1v) is 7.29. The number of aliphatic carboxylic acids is 1. The zero-order chi connectivity index (χ0) is 15.4. The summed E-state index contributed by atoms with van der Waals surface area (Å²) in [5.74, 6) is -2.31. The Labute approximate surface area is 123 Å². The topological polar surface area (TPSA) is 125 Å². The van der Waals surface area contributed by atoms with Gasteiger partial charge < -0.3 is 21.5 Å². The minimum absolute atomic E-state index is 0.190. The number of carbonyl (C=O) groups excluding carboxylic acids is 2. The maximum absolute atomic E-state index is 12.3. The Bertz CT molecular complexity index is 422. The highest BCUT2D eigenvalue weighted by molar-refractivity contribution is 5.91. The monoisotopic (exact) mass is 298 g/mol. The molecule has 0 aromatic rings. The van der Waals surface area contributed by atoms with Crippen LogP contribution in [0, 0.1) is 0 Å². The van der Waals surface area contributed by atoms with Crippen LogP contribution in [0.4, 0.5) is 0 Å². The summed E-state index contributed by atoms with van der Waals surface area (Å²) in [5.41, 5.74) is 5.15. The van der Waals surface area contributed by atoms with Crippen LogP contribution in [0.25, 0.3) is 0 Å². The fraction of sp³-hybridized carbons (Fsp3) is 0.769. The summed E-state index contributed by atoms with van der Waals surface area (Å²) in [6.45, 7) is 1.77. The molecule has 2 fully saturated rings. The van der Waals surface area contributed by atoms with Crippen LogP contribution in [-0.4, -0.2) is 59.1 Å². The van der Waals surface area contributed by atoms with Crippen LogP contribution in [0.5, 0.6) is 0 Å². The third kappa shape index (κ3) is 3.92. The smallest absolute Gasteiger partial charge is 0.305 e. The van der Waals surface area contributed by atoms with Crippen LogP contribution in [0.2, 0.25) is 0 Å². The summed E-state index contributed by atoms with van der Waals surface area (Å²) in [5, 5.41) is 14.6. The average molecular weight is 298 g/mol. The minimum atomic E-state index is -1.17. The van der Waals surface area contributed by atoms with E-state index >= 15 is 0 Å². The van der Waals surface area contributed by atoms with Crippen molar-refractivity contribution in [3.8, 4) is 0 Å². The van der Waals surface area contributed by atoms with Gasteiger partial charge >= 0.3 is 5.97 Å². The highest BCUT2D eigenvalue weighted by Gasteiger charge is 2.37. The number of nitrogens with one attached hydrogen (secondary N) is 2. The molecule has 0 unspecified atom stereocenters. The van der Waals surface area contributed by atoms with E-state index in [0.29, 0.717) is 6.42 Å². The first-order valence-electron chi connectivity index (χ1n) is 7.29. The SMILES string of the molecule is NC(=O)[C@H](CC(=O)O)NC(=O)[C@@H]1CCCN1[C@H]1CCCN1. The lowest BCUT2D eigenvalue weighted by atomic mass is 10.1. The van der Waals surface area contributed by atoms with Crippen molar-refractivity contribution in [3.05, 3.63) is 0 Å². The number of nitrogens with zero attached hydrogens (tertiary/aromatic N) is 1. The molecule has 2 amide bonds. The van der Waals surface area contributed by atoms with Crippen molar-refractivity contribution in [2.45, 2.75) is 50.4 Å². The Kier molecular flexibility index (Phi) is 5.13. The van der Waals surface area contributed by atoms with Crippen molar-refractivity contribution >= 4 is 17.8 Å². The molecule has 5 N–H and O–H groups in total. The largest absolute Gasteiger partial charge is 0.481 e. The van der Waals surface area contributed by atoms with Crippen LogP contribution in [0.3, 0.4) is 0 Å². The number of nitrogens with two attached hydrogens (primary N) is 1. The molecule has 0 aromatic heterocycles. The van der Waals surface area contributed by atoms with Gasteiger partial charge in [0.25, 0.3) is 0 Å². The van der Waals surface area contributed by atoms with Crippen molar-refractivity contribution in [1.29, 1.82) is 0 Å². The van der Waals surface area contributed by atoms with E-state index in [2.05, 4.69) is 15.5 Å². The Morgan fingerprint density at radius 3 is 2.67 bits per heavy atom. The number of rotatable bonds is 6. The number of primary amides is 1. The second-order valence-electron chi connectivity index (χ2n) is 5.57. The number of hydrogen-bond donors (Lipinski definition) is 4. The van der Waals surface area contributed by atoms with Crippen LogP contribution in [0.15, 0.2) is 0 Å². The van der Waals surface area contributed by atoms with Gasteiger partial charge in [-0.15, -0.1) is 0 Å². The first kappa shape index (κ1) is 15.7. The van der Waals surface area contributed by atoms with E-state index in [1.165, 1.54) is 0 Å². The first-order chi connectivity index (χ1) is 9.99. The number of likely N-dealkylation sites (tertiary alicyclic amines) is 1.